The molecule has 0 fully saturated rings. The second-order valence-electron chi connectivity index (χ2n) is 5.46. The maximum Gasteiger partial charge on any atom is 0.233 e. The number of allylic oxidation sites excluding steroid dienone is 1. The highest BCUT2D eigenvalue weighted by Crippen LogP contribution is 2.34. The first kappa shape index (κ1) is 13.0. The molecule has 0 unspecified atom stereocenters. The highest BCUT2D eigenvalue weighted by Gasteiger charge is 2.25. The highest BCUT2D eigenvalue weighted by molar-refractivity contribution is 6.50. The van der Waals surface area contributed by atoms with Crippen LogP contribution in [-0.2, 0) is 16.1 Å². The first-order valence-electron chi connectivity index (χ1n) is 7.16. The number of hydrogen-bond donors (Lipinski definition) is 0. The zero-order valence-electron chi connectivity index (χ0n) is 12.1. The summed E-state index contributed by atoms with van der Waals surface area (Å²) in [6.45, 7) is 0. The molecule has 4 rings (SSSR count). The van der Waals surface area contributed by atoms with E-state index in [1.807, 2.05) is 18.2 Å². The summed E-state index contributed by atoms with van der Waals surface area (Å²) in [6.07, 6.45) is 4.86. The standard InChI is InChI=1S/C18H13NO3/c1-22-19-16-8-6-12-10-3-5-15-13(7-9-17(20)18(15)21)11(10)2-4-14(12)16/h2-5,7,9H,6,8H2,1H3/b19-16+. The van der Waals surface area contributed by atoms with Gasteiger partial charge in [-0.25, -0.2) is 0 Å². The van der Waals surface area contributed by atoms with Crippen molar-refractivity contribution in [1.82, 2.24) is 0 Å². The van der Waals surface area contributed by atoms with Gasteiger partial charge in [0.25, 0.3) is 0 Å². The van der Waals surface area contributed by atoms with E-state index >= 15 is 0 Å². The normalized spacial score (nSPS) is 18.0. The van der Waals surface area contributed by atoms with Gasteiger partial charge in [0.2, 0.25) is 11.6 Å². The summed E-state index contributed by atoms with van der Waals surface area (Å²) < 4.78 is 0. The minimum absolute atomic E-state index is 0.429. The fourth-order valence-electron chi connectivity index (χ4n) is 3.36. The first-order chi connectivity index (χ1) is 10.7. The van der Waals surface area contributed by atoms with Crippen LogP contribution >= 0.6 is 0 Å². The van der Waals surface area contributed by atoms with Crippen molar-refractivity contribution in [1.29, 1.82) is 0 Å². The van der Waals surface area contributed by atoms with Crippen molar-refractivity contribution in [3.63, 3.8) is 0 Å². The Labute approximate surface area is 127 Å². The topological polar surface area (TPSA) is 55.7 Å². The maximum atomic E-state index is 12.0. The molecule has 0 heterocycles. The van der Waals surface area contributed by atoms with Crippen molar-refractivity contribution >= 4 is 34.1 Å². The lowest BCUT2D eigenvalue weighted by molar-refractivity contribution is -0.110. The number of Topliss-reactive ketones (excluding diaryl/α,β-unsaturated/α-hetero) is 1. The third kappa shape index (κ3) is 1.67. The van der Waals surface area contributed by atoms with E-state index < -0.39 is 11.6 Å². The Kier molecular flexibility index (Phi) is 2.73. The second kappa shape index (κ2) is 4.63. The average Bonchev–Trinajstić information content (AvgIpc) is 2.94. The molecule has 22 heavy (non-hydrogen) atoms. The van der Waals surface area contributed by atoms with Crippen LogP contribution in [0.3, 0.4) is 0 Å². The molecule has 0 amide bonds. The number of rotatable bonds is 1. The number of nitrogens with zero attached hydrogens (tertiary/aromatic N) is 1. The van der Waals surface area contributed by atoms with Crippen LogP contribution in [0.4, 0.5) is 0 Å². The quantitative estimate of drug-likeness (QED) is 0.599. The predicted molar refractivity (Wildman–Crippen MR) is 84.2 cm³/mol. The molecule has 0 aromatic heterocycles. The summed E-state index contributed by atoms with van der Waals surface area (Å²) in [7, 11) is 1.55. The summed E-state index contributed by atoms with van der Waals surface area (Å²) in [6, 6.07) is 7.72. The van der Waals surface area contributed by atoms with Gasteiger partial charge in [-0.3, -0.25) is 9.59 Å². The number of carbonyl (C=O) groups is 2. The van der Waals surface area contributed by atoms with Gasteiger partial charge >= 0.3 is 0 Å². The Morgan fingerprint density at radius 2 is 1.73 bits per heavy atom. The summed E-state index contributed by atoms with van der Waals surface area (Å²) in [5.74, 6) is -0.885. The molecule has 0 bridgehead atoms. The molecule has 0 saturated carbocycles. The van der Waals surface area contributed by atoms with Crippen LogP contribution in [0.2, 0.25) is 0 Å². The van der Waals surface area contributed by atoms with E-state index in [9.17, 15) is 9.59 Å². The van der Waals surface area contributed by atoms with Gasteiger partial charge in [0.05, 0.1) is 5.71 Å². The van der Waals surface area contributed by atoms with Gasteiger partial charge in [-0.1, -0.05) is 23.4 Å². The van der Waals surface area contributed by atoms with Crippen molar-refractivity contribution in [3.8, 4) is 0 Å². The molecule has 4 nitrogen and oxygen atoms in total. The number of fused-ring (bicyclic) bond motifs is 5. The highest BCUT2D eigenvalue weighted by atomic mass is 16.6. The van der Waals surface area contributed by atoms with Crippen LogP contribution in [0.25, 0.3) is 16.8 Å². The molecular weight excluding hydrogens is 278 g/mol. The zero-order chi connectivity index (χ0) is 15.3. The average molecular weight is 291 g/mol. The van der Waals surface area contributed by atoms with Gasteiger partial charge < -0.3 is 4.84 Å². The minimum Gasteiger partial charge on any atom is -0.399 e. The molecular formula is C18H13NO3. The van der Waals surface area contributed by atoms with Gasteiger partial charge in [-0.05, 0) is 53.0 Å². The number of benzene rings is 2. The number of aryl methyl sites for hydroxylation is 1. The molecule has 0 N–H and O–H groups in total. The molecule has 2 aliphatic carbocycles. The molecule has 0 aliphatic heterocycles. The molecule has 0 spiro atoms. The monoisotopic (exact) mass is 291 g/mol. The van der Waals surface area contributed by atoms with Gasteiger partial charge in [-0.15, -0.1) is 0 Å². The fraction of sp³-hybridized carbons (Fsp3) is 0.167. The Bertz CT molecular complexity index is 906. The molecule has 108 valence electrons. The van der Waals surface area contributed by atoms with Gasteiger partial charge in [0.1, 0.15) is 7.11 Å². The lowest BCUT2D eigenvalue weighted by atomic mass is 9.88. The van der Waals surface area contributed by atoms with Crippen LogP contribution in [0, 0.1) is 0 Å². The van der Waals surface area contributed by atoms with Crippen molar-refractivity contribution in [2.24, 2.45) is 5.16 Å². The van der Waals surface area contributed by atoms with Crippen molar-refractivity contribution in [2.75, 3.05) is 7.11 Å². The Morgan fingerprint density at radius 3 is 2.55 bits per heavy atom. The SMILES string of the molecule is CO/N=C1\CCc2c1ccc1c3c(ccc21)C(=O)C(=O)C=C3. The van der Waals surface area contributed by atoms with Crippen LogP contribution in [-0.4, -0.2) is 24.4 Å². The van der Waals surface area contributed by atoms with E-state index in [2.05, 4.69) is 5.16 Å². The van der Waals surface area contributed by atoms with Crippen molar-refractivity contribution < 1.29 is 14.4 Å². The number of ketones is 2. The summed E-state index contributed by atoms with van der Waals surface area (Å²) >= 11 is 0. The fourth-order valence-corrected chi connectivity index (χ4v) is 3.36. The molecule has 2 aromatic rings. The maximum absolute atomic E-state index is 12.0. The third-order valence-corrected chi connectivity index (χ3v) is 4.35. The molecule has 2 aromatic carbocycles. The lowest BCUT2D eigenvalue weighted by Gasteiger charge is -2.14. The van der Waals surface area contributed by atoms with E-state index in [0.717, 1.165) is 40.5 Å². The minimum atomic E-state index is -0.456. The second-order valence-corrected chi connectivity index (χ2v) is 5.46. The van der Waals surface area contributed by atoms with E-state index in [0.29, 0.717) is 5.56 Å². The first-order valence-corrected chi connectivity index (χ1v) is 7.16. The number of hydrogen-bond acceptors (Lipinski definition) is 4. The smallest absolute Gasteiger partial charge is 0.233 e. The van der Waals surface area contributed by atoms with Gasteiger partial charge in [0.15, 0.2) is 0 Å². The summed E-state index contributed by atoms with van der Waals surface area (Å²) in [5.41, 5.74) is 4.62. The van der Waals surface area contributed by atoms with E-state index in [1.165, 1.54) is 11.6 Å². The Balaban J connectivity index is 2.00. The van der Waals surface area contributed by atoms with E-state index in [4.69, 9.17) is 4.84 Å². The zero-order valence-corrected chi connectivity index (χ0v) is 12.1. The predicted octanol–water partition coefficient (Wildman–Crippen LogP) is 2.92. The third-order valence-electron chi connectivity index (χ3n) is 4.35. The summed E-state index contributed by atoms with van der Waals surface area (Å²) in [5, 5.41) is 6.21. The Hall–Kier alpha value is -2.75. The van der Waals surface area contributed by atoms with Crippen LogP contribution in [0.1, 0.15) is 33.5 Å². The van der Waals surface area contributed by atoms with Crippen LogP contribution < -0.4 is 0 Å². The molecule has 0 radical (unpaired) electrons. The van der Waals surface area contributed by atoms with Crippen molar-refractivity contribution in [3.05, 3.63) is 52.6 Å². The lowest BCUT2D eigenvalue weighted by Crippen LogP contribution is -2.16. The molecule has 0 saturated heterocycles. The molecule has 4 heteroatoms. The van der Waals surface area contributed by atoms with Crippen LogP contribution in [0.15, 0.2) is 35.5 Å². The van der Waals surface area contributed by atoms with Gasteiger partial charge in [-0.2, -0.15) is 0 Å². The van der Waals surface area contributed by atoms with Crippen molar-refractivity contribution in [2.45, 2.75) is 12.8 Å². The van der Waals surface area contributed by atoms with Crippen LogP contribution in [0.5, 0.6) is 0 Å². The van der Waals surface area contributed by atoms with E-state index in [1.54, 1.807) is 19.3 Å². The van der Waals surface area contributed by atoms with E-state index in [-0.39, 0.29) is 0 Å². The van der Waals surface area contributed by atoms with Gasteiger partial charge in [0, 0.05) is 11.1 Å². The number of oxime groups is 1. The summed E-state index contributed by atoms with van der Waals surface area (Å²) in [4.78, 5) is 28.4. The molecule has 2 aliphatic rings. The Morgan fingerprint density at radius 1 is 0.955 bits per heavy atom. The largest absolute Gasteiger partial charge is 0.399 e. The molecule has 0 atom stereocenters. The number of carbonyl (C=O) groups excluding carboxylic acids is 2.